The Morgan fingerprint density at radius 3 is 3.04 bits per heavy atom. The van der Waals surface area contributed by atoms with Gasteiger partial charge in [-0.05, 0) is 18.5 Å². The number of aromatic amines is 1. The molecule has 3 rings (SSSR count). The van der Waals surface area contributed by atoms with Crippen molar-refractivity contribution in [1.82, 2.24) is 9.55 Å². The minimum Gasteiger partial charge on any atom is -0.459 e. The number of azide groups is 1. The summed E-state index contributed by atoms with van der Waals surface area (Å²) >= 11 is 0. The van der Waals surface area contributed by atoms with Crippen molar-refractivity contribution in [3.8, 4) is 0 Å². The Kier molecular flexibility index (Phi) is 5.57. The van der Waals surface area contributed by atoms with Crippen LogP contribution in [0.25, 0.3) is 10.4 Å². The number of hydrogen-bond donors (Lipinski definition) is 1. The highest BCUT2D eigenvalue weighted by Crippen LogP contribution is 2.30. The average molecular weight is 387 g/mol. The lowest BCUT2D eigenvalue weighted by atomic mass is 10.1. The van der Waals surface area contributed by atoms with Gasteiger partial charge in [-0.25, -0.2) is 14.2 Å². The second-order valence-corrected chi connectivity index (χ2v) is 6.47. The van der Waals surface area contributed by atoms with Crippen LogP contribution in [0.3, 0.4) is 0 Å². The van der Waals surface area contributed by atoms with Crippen LogP contribution in [0.4, 0.5) is 0 Å². The summed E-state index contributed by atoms with van der Waals surface area (Å²) in [5, 5.41) is 3.69. The van der Waals surface area contributed by atoms with Crippen LogP contribution in [0.15, 0.2) is 45.4 Å². The Labute approximate surface area is 158 Å². The fourth-order valence-electron chi connectivity index (χ4n) is 2.97. The van der Waals surface area contributed by atoms with E-state index in [1.165, 1.54) is 10.8 Å². The van der Waals surface area contributed by atoms with E-state index in [-0.39, 0.29) is 13.0 Å². The van der Waals surface area contributed by atoms with Gasteiger partial charge < -0.3 is 9.47 Å². The Bertz CT molecular complexity index is 1050. The van der Waals surface area contributed by atoms with E-state index in [4.69, 9.17) is 15.0 Å². The maximum absolute atomic E-state index is 12.2. The zero-order chi connectivity index (χ0) is 20.3. The number of carbonyl (C=O) groups excluding carboxylic acids is 1. The molecule has 3 atom stereocenters. The molecule has 1 saturated heterocycles. The lowest BCUT2D eigenvalue weighted by Gasteiger charge is -2.16. The highest BCUT2D eigenvalue weighted by atomic mass is 16.6. The van der Waals surface area contributed by atoms with E-state index in [1.54, 1.807) is 43.1 Å². The number of aromatic nitrogens is 3. The highest BCUT2D eigenvalue weighted by Gasteiger charge is 2.37. The predicted octanol–water partition coefficient (Wildman–Crippen LogP) is 0.493. The lowest BCUT2D eigenvalue weighted by Crippen LogP contribution is -2.33. The van der Waals surface area contributed by atoms with Crippen LogP contribution in [0.1, 0.15) is 28.6 Å². The summed E-state index contributed by atoms with van der Waals surface area (Å²) in [6.07, 6.45) is 3.52. The molecule has 1 fully saturated rings. The van der Waals surface area contributed by atoms with Crippen molar-refractivity contribution in [2.24, 2.45) is 12.2 Å². The van der Waals surface area contributed by atoms with E-state index in [2.05, 4.69) is 15.0 Å². The van der Waals surface area contributed by atoms with Crippen molar-refractivity contribution in [3.63, 3.8) is 0 Å². The molecule has 28 heavy (non-hydrogen) atoms. The maximum atomic E-state index is 12.2. The van der Waals surface area contributed by atoms with Crippen molar-refractivity contribution >= 4 is 5.97 Å². The van der Waals surface area contributed by atoms with Gasteiger partial charge in [-0.1, -0.05) is 5.11 Å². The highest BCUT2D eigenvalue weighted by molar-refractivity contribution is 5.88. The zero-order valence-corrected chi connectivity index (χ0v) is 15.3. The summed E-state index contributed by atoms with van der Waals surface area (Å²) in [5.41, 5.74) is 8.40. The molecule has 0 aromatic carbocycles. The first-order valence-electron chi connectivity index (χ1n) is 8.53. The van der Waals surface area contributed by atoms with Gasteiger partial charge in [-0.15, -0.1) is 0 Å². The average Bonchev–Trinajstić information content (AvgIpc) is 3.05. The van der Waals surface area contributed by atoms with Crippen LogP contribution in [-0.2, 0) is 16.5 Å². The molecule has 3 unspecified atom stereocenters. The summed E-state index contributed by atoms with van der Waals surface area (Å²) in [4.78, 5) is 40.8. The summed E-state index contributed by atoms with van der Waals surface area (Å²) in [5.74, 6) is -0.542. The van der Waals surface area contributed by atoms with Gasteiger partial charge in [-0.2, -0.15) is 0 Å². The largest absolute Gasteiger partial charge is 0.459 e. The maximum Gasteiger partial charge on any atom is 0.344 e. The number of hydrogen-bond acceptors (Lipinski definition) is 6. The quantitative estimate of drug-likeness (QED) is 0.261. The van der Waals surface area contributed by atoms with Crippen LogP contribution >= 0.6 is 0 Å². The van der Waals surface area contributed by atoms with Gasteiger partial charge in [0, 0.05) is 29.2 Å². The number of carbonyl (C=O) groups is 1. The number of rotatable bonds is 5. The number of nitrogens with zero attached hydrogens (tertiary/aromatic N) is 5. The van der Waals surface area contributed by atoms with Crippen LogP contribution in [0.2, 0.25) is 0 Å². The van der Waals surface area contributed by atoms with Gasteiger partial charge in [0.25, 0.3) is 5.56 Å². The molecule has 0 bridgehead atoms. The number of aryl methyl sites for hydroxylation is 2. The summed E-state index contributed by atoms with van der Waals surface area (Å²) in [7, 11) is 1.78. The standard InChI is InChI=1S/C17H18N6O5/c1-10-7-23(17(26)19-15(10)24)14-6-12(20-21-18)13(28-14)9-27-16(25)11-4-3-5-22(2)8-11/h3-5,7-8,12-14H,6,9H2,1-2H3/p+1. The van der Waals surface area contributed by atoms with Gasteiger partial charge in [0.2, 0.25) is 0 Å². The number of ether oxygens (including phenoxy) is 2. The number of pyridine rings is 1. The van der Waals surface area contributed by atoms with Gasteiger partial charge in [0.15, 0.2) is 12.4 Å². The van der Waals surface area contributed by atoms with Crippen molar-refractivity contribution in [2.75, 3.05) is 6.61 Å². The first-order chi connectivity index (χ1) is 13.4. The third-order valence-electron chi connectivity index (χ3n) is 4.41. The molecule has 1 aliphatic heterocycles. The van der Waals surface area contributed by atoms with Crippen molar-refractivity contribution in [3.05, 3.63) is 73.1 Å². The fraction of sp³-hybridized carbons (Fsp3) is 0.412. The third kappa shape index (κ3) is 4.11. The van der Waals surface area contributed by atoms with Gasteiger partial charge in [0.05, 0.1) is 6.04 Å². The second kappa shape index (κ2) is 8.07. The van der Waals surface area contributed by atoms with Crippen molar-refractivity contribution in [1.29, 1.82) is 0 Å². The molecule has 3 heterocycles. The summed E-state index contributed by atoms with van der Waals surface area (Å²) in [6, 6.07) is 2.70. The molecule has 2 aromatic heterocycles. The Balaban J connectivity index is 1.74. The van der Waals surface area contributed by atoms with Gasteiger partial charge in [-0.3, -0.25) is 14.3 Å². The number of esters is 1. The van der Waals surface area contributed by atoms with Crippen molar-refractivity contribution < 1.29 is 18.8 Å². The molecule has 146 valence electrons. The predicted molar refractivity (Wildman–Crippen MR) is 95.4 cm³/mol. The number of H-pyrrole nitrogens is 1. The van der Waals surface area contributed by atoms with E-state index in [9.17, 15) is 14.4 Å². The normalized spacial score (nSPS) is 21.1. The van der Waals surface area contributed by atoms with Crippen LogP contribution < -0.4 is 15.8 Å². The van der Waals surface area contributed by atoms with E-state index >= 15 is 0 Å². The molecule has 0 spiro atoms. The smallest absolute Gasteiger partial charge is 0.344 e. The molecule has 2 aromatic rings. The minimum atomic E-state index is -0.753. The molecule has 1 aliphatic rings. The van der Waals surface area contributed by atoms with Gasteiger partial charge >= 0.3 is 11.7 Å². The first-order valence-corrected chi connectivity index (χ1v) is 8.53. The molecule has 11 heteroatoms. The molecule has 1 N–H and O–H groups in total. The fourth-order valence-corrected chi connectivity index (χ4v) is 2.97. The van der Waals surface area contributed by atoms with Crippen molar-refractivity contribution in [2.45, 2.75) is 31.7 Å². The molecule has 0 radical (unpaired) electrons. The van der Waals surface area contributed by atoms with Gasteiger partial charge in [0.1, 0.15) is 31.5 Å². The molecule has 0 saturated carbocycles. The van der Waals surface area contributed by atoms with Crippen LogP contribution in [-0.4, -0.2) is 34.3 Å². The lowest BCUT2D eigenvalue weighted by molar-refractivity contribution is -0.671. The van der Waals surface area contributed by atoms with E-state index in [0.717, 1.165) is 0 Å². The Hall–Kier alpha value is -3.43. The number of nitrogens with one attached hydrogen (secondary N) is 1. The summed E-state index contributed by atoms with van der Waals surface area (Å²) in [6.45, 7) is 1.42. The van der Waals surface area contributed by atoms with E-state index in [0.29, 0.717) is 11.1 Å². The Morgan fingerprint density at radius 2 is 2.32 bits per heavy atom. The monoisotopic (exact) mass is 387 g/mol. The molecular weight excluding hydrogens is 368 g/mol. The topological polar surface area (TPSA) is 143 Å². The molecule has 0 amide bonds. The Morgan fingerprint density at radius 1 is 1.54 bits per heavy atom. The second-order valence-electron chi connectivity index (χ2n) is 6.47. The minimum absolute atomic E-state index is 0.144. The van der Waals surface area contributed by atoms with E-state index < -0.39 is 35.6 Å². The van der Waals surface area contributed by atoms with Crippen LogP contribution in [0.5, 0.6) is 0 Å². The SMILES string of the molecule is Cc1cn(C2CC(N=[N+]=[N-])C(COC(=O)c3ccc[n+](C)c3)O2)c(=O)[nH]c1=O. The molecule has 0 aliphatic carbocycles. The molecule has 11 nitrogen and oxygen atoms in total. The first kappa shape index (κ1) is 19.3. The van der Waals surface area contributed by atoms with Crippen LogP contribution in [0, 0.1) is 6.92 Å². The zero-order valence-electron chi connectivity index (χ0n) is 15.3. The third-order valence-corrected chi connectivity index (χ3v) is 4.41. The summed E-state index contributed by atoms with van der Waals surface area (Å²) < 4.78 is 14.0. The van der Waals surface area contributed by atoms with E-state index in [1.807, 2.05) is 0 Å². The molecular formula is C17H19N6O5+.